The van der Waals surface area contributed by atoms with Gasteiger partial charge in [0.2, 0.25) is 5.95 Å². The number of imidazole rings is 1. The van der Waals surface area contributed by atoms with Crippen molar-refractivity contribution in [2.24, 2.45) is 0 Å². The molecule has 1 heterocycles. The van der Waals surface area contributed by atoms with Crippen molar-refractivity contribution in [2.75, 3.05) is 5.73 Å². The molecule has 0 radical (unpaired) electrons. The first-order valence-electron chi connectivity index (χ1n) is 5.84. The standard InChI is InChI=1S/C14H7Cl2FN4/c15-9-4-11-13(5-10(9)16)21(14(19)20-11)12-2-1-8(17)3-7(12)6-18/h1-5H,(H2,19,20). The molecule has 3 aromatic rings. The monoisotopic (exact) mass is 320 g/mol. The van der Waals surface area contributed by atoms with E-state index in [-0.39, 0.29) is 11.5 Å². The maximum atomic E-state index is 13.3. The minimum atomic E-state index is -0.501. The summed E-state index contributed by atoms with van der Waals surface area (Å²) in [7, 11) is 0. The zero-order chi connectivity index (χ0) is 15.1. The first-order valence-corrected chi connectivity index (χ1v) is 6.60. The molecular formula is C14H7Cl2FN4. The average molecular weight is 321 g/mol. The first-order chi connectivity index (χ1) is 10.0. The molecule has 104 valence electrons. The molecule has 0 amide bonds. The van der Waals surface area contributed by atoms with Gasteiger partial charge in [-0.3, -0.25) is 4.57 Å². The number of nitrogens with zero attached hydrogens (tertiary/aromatic N) is 3. The van der Waals surface area contributed by atoms with Crippen LogP contribution >= 0.6 is 23.2 Å². The highest BCUT2D eigenvalue weighted by Gasteiger charge is 2.15. The van der Waals surface area contributed by atoms with Crippen molar-refractivity contribution < 1.29 is 4.39 Å². The Morgan fingerprint density at radius 3 is 2.62 bits per heavy atom. The Kier molecular flexibility index (Phi) is 3.20. The van der Waals surface area contributed by atoms with Gasteiger partial charge in [-0.1, -0.05) is 23.2 Å². The number of anilines is 1. The number of nitrogens with two attached hydrogens (primary N) is 1. The van der Waals surface area contributed by atoms with Crippen molar-refractivity contribution >= 4 is 40.2 Å². The van der Waals surface area contributed by atoms with Gasteiger partial charge in [0.05, 0.1) is 32.3 Å². The van der Waals surface area contributed by atoms with Crippen molar-refractivity contribution in [1.29, 1.82) is 5.26 Å². The number of rotatable bonds is 1. The summed E-state index contributed by atoms with van der Waals surface area (Å²) in [4.78, 5) is 4.18. The van der Waals surface area contributed by atoms with Gasteiger partial charge in [-0.15, -0.1) is 0 Å². The van der Waals surface area contributed by atoms with E-state index in [2.05, 4.69) is 4.98 Å². The van der Waals surface area contributed by atoms with Gasteiger partial charge in [-0.25, -0.2) is 9.37 Å². The van der Waals surface area contributed by atoms with Crippen LogP contribution in [0.15, 0.2) is 30.3 Å². The second kappa shape index (κ2) is 4.92. The Bertz CT molecular complexity index is 911. The lowest BCUT2D eigenvalue weighted by atomic mass is 10.2. The third kappa shape index (κ3) is 2.19. The number of nitriles is 1. The summed E-state index contributed by atoms with van der Waals surface area (Å²) in [6.45, 7) is 0. The van der Waals surface area contributed by atoms with Crippen LogP contribution in [0.1, 0.15) is 5.56 Å². The van der Waals surface area contributed by atoms with Gasteiger partial charge in [-0.05, 0) is 30.3 Å². The van der Waals surface area contributed by atoms with Crippen LogP contribution in [0.5, 0.6) is 0 Å². The smallest absolute Gasteiger partial charge is 0.205 e. The molecule has 3 rings (SSSR count). The Labute approximate surface area is 129 Å². The quantitative estimate of drug-likeness (QED) is 0.738. The molecule has 0 atom stereocenters. The predicted molar refractivity (Wildman–Crippen MR) is 80.2 cm³/mol. The molecule has 21 heavy (non-hydrogen) atoms. The molecule has 7 heteroatoms. The molecule has 2 aromatic carbocycles. The summed E-state index contributed by atoms with van der Waals surface area (Å²) >= 11 is 12.0. The summed E-state index contributed by atoms with van der Waals surface area (Å²) < 4.78 is 14.8. The van der Waals surface area contributed by atoms with E-state index in [9.17, 15) is 4.39 Å². The van der Waals surface area contributed by atoms with E-state index in [1.54, 1.807) is 12.1 Å². The minimum Gasteiger partial charge on any atom is -0.369 e. The normalized spacial score (nSPS) is 10.8. The van der Waals surface area contributed by atoms with Gasteiger partial charge in [0.15, 0.2) is 0 Å². The van der Waals surface area contributed by atoms with Crippen molar-refractivity contribution in [1.82, 2.24) is 9.55 Å². The van der Waals surface area contributed by atoms with Gasteiger partial charge in [-0.2, -0.15) is 5.26 Å². The minimum absolute atomic E-state index is 0.145. The largest absolute Gasteiger partial charge is 0.369 e. The predicted octanol–water partition coefficient (Wildman–Crippen LogP) is 3.93. The SMILES string of the molecule is N#Cc1cc(F)ccc1-n1c(N)nc2cc(Cl)c(Cl)cc21. The number of fused-ring (bicyclic) bond motifs is 1. The Hall–Kier alpha value is -2.29. The molecule has 1 aromatic heterocycles. The molecule has 0 spiro atoms. The molecule has 0 bridgehead atoms. The zero-order valence-corrected chi connectivity index (χ0v) is 12.0. The summed E-state index contributed by atoms with van der Waals surface area (Å²) in [6.07, 6.45) is 0. The number of halogens is 3. The van der Waals surface area contributed by atoms with Crippen LogP contribution < -0.4 is 5.73 Å². The first kappa shape index (κ1) is 13.7. The number of benzene rings is 2. The van der Waals surface area contributed by atoms with Crippen molar-refractivity contribution in [3.63, 3.8) is 0 Å². The highest BCUT2D eigenvalue weighted by atomic mass is 35.5. The highest BCUT2D eigenvalue weighted by Crippen LogP contribution is 2.31. The van der Waals surface area contributed by atoms with Crippen LogP contribution in [0.4, 0.5) is 10.3 Å². The van der Waals surface area contributed by atoms with E-state index in [1.807, 2.05) is 6.07 Å². The maximum Gasteiger partial charge on any atom is 0.205 e. The van der Waals surface area contributed by atoms with E-state index in [0.717, 1.165) is 6.07 Å². The lowest BCUT2D eigenvalue weighted by molar-refractivity contribution is 0.627. The fraction of sp³-hybridized carbons (Fsp3) is 0. The molecule has 0 saturated heterocycles. The Morgan fingerprint density at radius 2 is 1.90 bits per heavy atom. The van der Waals surface area contributed by atoms with Crippen LogP contribution in [-0.4, -0.2) is 9.55 Å². The topological polar surface area (TPSA) is 67.6 Å². The number of nitrogen functional groups attached to an aromatic ring is 1. The molecule has 2 N–H and O–H groups in total. The van der Waals surface area contributed by atoms with E-state index in [4.69, 9.17) is 34.2 Å². The number of hydrogen-bond donors (Lipinski definition) is 1. The van der Waals surface area contributed by atoms with Gasteiger partial charge in [0.25, 0.3) is 0 Å². The summed E-state index contributed by atoms with van der Waals surface area (Å²) in [5.41, 5.74) is 7.61. The third-order valence-corrected chi connectivity index (χ3v) is 3.76. The van der Waals surface area contributed by atoms with Gasteiger partial charge < -0.3 is 5.73 Å². The van der Waals surface area contributed by atoms with E-state index in [1.165, 1.54) is 16.7 Å². The average Bonchev–Trinajstić information content (AvgIpc) is 2.75. The molecule has 4 nitrogen and oxygen atoms in total. The summed E-state index contributed by atoms with van der Waals surface area (Å²) in [6, 6.07) is 8.98. The fourth-order valence-electron chi connectivity index (χ4n) is 2.14. The highest BCUT2D eigenvalue weighted by molar-refractivity contribution is 6.42. The molecule has 0 aliphatic heterocycles. The van der Waals surface area contributed by atoms with Crippen LogP contribution in [0, 0.1) is 17.1 Å². The lowest BCUT2D eigenvalue weighted by Gasteiger charge is -2.09. The van der Waals surface area contributed by atoms with Crippen LogP contribution in [0.3, 0.4) is 0 Å². The van der Waals surface area contributed by atoms with E-state index < -0.39 is 5.82 Å². The van der Waals surface area contributed by atoms with Crippen LogP contribution in [0.2, 0.25) is 10.0 Å². The summed E-state index contributed by atoms with van der Waals surface area (Å²) in [5, 5.41) is 9.86. The second-order valence-electron chi connectivity index (χ2n) is 4.33. The van der Waals surface area contributed by atoms with Gasteiger partial charge >= 0.3 is 0 Å². The van der Waals surface area contributed by atoms with Gasteiger partial charge in [0, 0.05) is 0 Å². The van der Waals surface area contributed by atoms with Crippen molar-refractivity contribution in [3.05, 3.63) is 51.8 Å². The third-order valence-electron chi connectivity index (χ3n) is 3.04. The lowest BCUT2D eigenvalue weighted by Crippen LogP contribution is -2.03. The van der Waals surface area contributed by atoms with Crippen molar-refractivity contribution in [3.8, 4) is 11.8 Å². The Morgan fingerprint density at radius 1 is 1.19 bits per heavy atom. The van der Waals surface area contributed by atoms with Crippen LogP contribution in [0.25, 0.3) is 16.7 Å². The maximum absolute atomic E-state index is 13.3. The zero-order valence-electron chi connectivity index (χ0n) is 10.4. The van der Waals surface area contributed by atoms with E-state index in [0.29, 0.717) is 26.8 Å². The van der Waals surface area contributed by atoms with Gasteiger partial charge in [0.1, 0.15) is 11.9 Å². The molecule has 0 saturated carbocycles. The molecule has 0 aliphatic carbocycles. The molecule has 0 aliphatic rings. The molecule has 0 unspecified atom stereocenters. The summed E-state index contributed by atoms with van der Waals surface area (Å²) in [5.74, 6) is -0.342. The van der Waals surface area contributed by atoms with Crippen molar-refractivity contribution in [2.45, 2.75) is 0 Å². The number of aromatic nitrogens is 2. The fourth-order valence-corrected chi connectivity index (χ4v) is 2.45. The van der Waals surface area contributed by atoms with E-state index >= 15 is 0 Å². The van der Waals surface area contributed by atoms with Crippen LogP contribution in [-0.2, 0) is 0 Å². The Balaban J connectivity index is 2.38. The second-order valence-corrected chi connectivity index (χ2v) is 5.15. The molecule has 0 fully saturated rings. The molecular weight excluding hydrogens is 314 g/mol. The number of hydrogen-bond acceptors (Lipinski definition) is 3.